The van der Waals surface area contributed by atoms with Crippen molar-refractivity contribution < 1.29 is 0 Å². The largest absolute Gasteiger partial charge is 0.248 e. The van der Waals surface area contributed by atoms with E-state index in [9.17, 15) is 0 Å². The molecule has 0 N–H and O–H groups in total. The molecule has 74 valence electrons. The summed E-state index contributed by atoms with van der Waals surface area (Å²) in [5.74, 6) is 0. The maximum absolute atomic E-state index is 2.26. The van der Waals surface area contributed by atoms with Crippen molar-refractivity contribution in [3.63, 3.8) is 0 Å². The number of nitrogens with zero attached hydrogens (tertiary/aromatic N) is 2. The molecule has 0 aliphatic rings. The van der Waals surface area contributed by atoms with Crippen molar-refractivity contribution >= 4 is 0 Å². The Morgan fingerprint density at radius 1 is 0.833 bits per heavy atom. The van der Waals surface area contributed by atoms with Gasteiger partial charge in [0.25, 0.3) is 0 Å². The predicted octanol–water partition coefficient (Wildman–Crippen LogP) is 2.37. The predicted molar refractivity (Wildman–Crippen MR) is 55.1 cm³/mol. The first-order valence-corrected chi connectivity index (χ1v) is 5.06. The van der Waals surface area contributed by atoms with Crippen LogP contribution in [0.15, 0.2) is 0 Å². The molecular formula is C10H24N2. The second-order valence-electron chi connectivity index (χ2n) is 3.64. The highest BCUT2D eigenvalue weighted by Crippen LogP contribution is 2.03. The van der Waals surface area contributed by atoms with Crippen molar-refractivity contribution in [2.24, 2.45) is 0 Å². The van der Waals surface area contributed by atoms with Crippen LogP contribution in [-0.4, -0.2) is 37.7 Å². The molecule has 0 saturated carbocycles. The SMILES string of the molecule is CCCCCCCN(C)N(C)C. The van der Waals surface area contributed by atoms with Crippen molar-refractivity contribution in [2.45, 2.75) is 39.0 Å². The summed E-state index contributed by atoms with van der Waals surface area (Å²) in [7, 11) is 6.32. The molecule has 0 atom stereocenters. The van der Waals surface area contributed by atoms with E-state index in [1.807, 2.05) is 0 Å². The minimum atomic E-state index is 1.19. The van der Waals surface area contributed by atoms with Crippen LogP contribution >= 0.6 is 0 Å². The van der Waals surface area contributed by atoms with E-state index in [-0.39, 0.29) is 0 Å². The highest BCUT2D eigenvalue weighted by molar-refractivity contribution is 4.47. The van der Waals surface area contributed by atoms with Gasteiger partial charge in [0.1, 0.15) is 0 Å². The Balaban J connectivity index is 3.08. The molecule has 0 aliphatic heterocycles. The zero-order valence-electron chi connectivity index (χ0n) is 9.14. The van der Waals surface area contributed by atoms with Gasteiger partial charge in [0.05, 0.1) is 0 Å². The summed E-state index contributed by atoms with van der Waals surface area (Å²) in [6.07, 6.45) is 6.84. The Hall–Kier alpha value is -0.0800. The molecule has 0 bridgehead atoms. The molecule has 0 aromatic rings. The van der Waals surface area contributed by atoms with Crippen LogP contribution in [0.3, 0.4) is 0 Å². The van der Waals surface area contributed by atoms with Crippen LogP contribution in [0.1, 0.15) is 39.0 Å². The maximum Gasteiger partial charge on any atom is 0.0130 e. The lowest BCUT2D eigenvalue weighted by Gasteiger charge is -2.23. The third kappa shape index (κ3) is 6.62. The van der Waals surface area contributed by atoms with Gasteiger partial charge >= 0.3 is 0 Å². The molecule has 0 heterocycles. The molecule has 12 heavy (non-hydrogen) atoms. The molecule has 0 aromatic heterocycles. The van der Waals surface area contributed by atoms with E-state index in [0.717, 1.165) is 0 Å². The van der Waals surface area contributed by atoms with Gasteiger partial charge < -0.3 is 0 Å². The molecule has 0 aliphatic carbocycles. The molecule has 2 heteroatoms. The Kier molecular flexibility index (Phi) is 7.51. The minimum absolute atomic E-state index is 1.19. The first kappa shape index (κ1) is 11.9. The second-order valence-corrected chi connectivity index (χ2v) is 3.64. The topological polar surface area (TPSA) is 6.48 Å². The number of unbranched alkanes of at least 4 members (excludes halogenated alkanes) is 4. The van der Waals surface area contributed by atoms with Gasteiger partial charge in [-0.15, -0.1) is 0 Å². The zero-order chi connectivity index (χ0) is 9.40. The van der Waals surface area contributed by atoms with Crippen molar-refractivity contribution in [2.75, 3.05) is 27.7 Å². The van der Waals surface area contributed by atoms with Gasteiger partial charge in [-0.2, -0.15) is 0 Å². The van der Waals surface area contributed by atoms with Crippen LogP contribution in [0.2, 0.25) is 0 Å². The summed E-state index contributed by atoms with van der Waals surface area (Å²) >= 11 is 0. The molecular weight excluding hydrogens is 148 g/mol. The van der Waals surface area contributed by atoms with Crippen LogP contribution in [-0.2, 0) is 0 Å². The third-order valence-corrected chi connectivity index (χ3v) is 2.27. The van der Waals surface area contributed by atoms with Crippen LogP contribution in [0.4, 0.5) is 0 Å². The van der Waals surface area contributed by atoms with Gasteiger partial charge in [0.15, 0.2) is 0 Å². The smallest absolute Gasteiger partial charge is 0.0130 e. The van der Waals surface area contributed by atoms with Gasteiger partial charge in [0.2, 0.25) is 0 Å². The normalized spacial score (nSPS) is 11.5. The highest BCUT2D eigenvalue weighted by Gasteiger charge is 1.98. The fourth-order valence-corrected chi connectivity index (χ4v) is 1.14. The van der Waals surface area contributed by atoms with E-state index in [1.165, 1.54) is 38.6 Å². The summed E-state index contributed by atoms with van der Waals surface area (Å²) in [6.45, 7) is 3.45. The molecule has 0 fully saturated rings. The Labute approximate surface area is 77.5 Å². The van der Waals surface area contributed by atoms with E-state index in [0.29, 0.717) is 0 Å². The summed E-state index contributed by atoms with van der Waals surface area (Å²) in [5, 5.41) is 4.39. The van der Waals surface area contributed by atoms with Gasteiger partial charge in [-0.3, -0.25) is 0 Å². The van der Waals surface area contributed by atoms with Gasteiger partial charge in [0, 0.05) is 27.7 Å². The first-order valence-electron chi connectivity index (χ1n) is 5.06. The summed E-state index contributed by atoms with van der Waals surface area (Å²) in [5.41, 5.74) is 0. The van der Waals surface area contributed by atoms with E-state index >= 15 is 0 Å². The van der Waals surface area contributed by atoms with Gasteiger partial charge in [-0.1, -0.05) is 32.6 Å². The first-order chi connectivity index (χ1) is 5.68. The lowest BCUT2D eigenvalue weighted by atomic mass is 10.1. The molecule has 0 spiro atoms. The van der Waals surface area contributed by atoms with E-state index in [4.69, 9.17) is 0 Å². The molecule has 0 aromatic carbocycles. The Bertz CT molecular complexity index is 91.8. The summed E-state index contributed by atoms with van der Waals surface area (Å²) in [4.78, 5) is 0. The number of hydrogen-bond donors (Lipinski definition) is 0. The molecule has 0 amide bonds. The monoisotopic (exact) mass is 172 g/mol. The average Bonchev–Trinajstić information content (AvgIpc) is 2.03. The second kappa shape index (κ2) is 7.56. The van der Waals surface area contributed by atoms with Crippen molar-refractivity contribution in [3.8, 4) is 0 Å². The zero-order valence-corrected chi connectivity index (χ0v) is 9.14. The van der Waals surface area contributed by atoms with Crippen LogP contribution < -0.4 is 0 Å². The average molecular weight is 172 g/mol. The number of rotatable bonds is 7. The Morgan fingerprint density at radius 2 is 1.42 bits per heavy atom. The Morgan fingerprint density at radius 3 is 1.92 bits per heavy atom. The van der Waals surface area contributed by atoms with Gasteiger partial charge in [-0.05, 0) is 6.42 Å². The van der Waals surface area contributed by atoms with Crippen LogP contribution in [0, 0.1) is 0 Å². The summed E-state index contributed by atoms with van der Waals surface area (Å²) in [6, 6.07) is 0. The third-order valence-electron chi connectivity index (χ3n) is 2.27. The van der Waals surface area contributed by atoms with Gasteiger partial charge in [-0.25, -0.2) is 10.0 Å². The lowest BCUT2D eigenvalue weighted by Crippen LogP contribution is -2.33. The van der Waals surface area contributed by atoms with E-state index < -0.39 is 0 Å². The van der Waals surface area contributed by atoms with Crippen molar-refractivity contribution in [1.82, 2.24) is 10.0 Å². The molecule has 0 rings (SSSR count). The highest BCUT2D eigenvalue weighted by atomic mass is 15.6. The van der Waals surface area contributed by atoms with E-state index in [2.05, 4.69) is 38.1 Å². The molecule has 2 nitrogen and oxygen atoms in total. The summed E-state index contributed by atoms with van der Waals surface area (Å²) < 4.78 is 0. The quantitative estimate of drug-likeness (QED) is 0.430. The fourth-order valence-electron chi connectivity index (χ4n) is 1.14. The minimum Gasteiger partial charge on any atom is -0.248 e. The number of hydrogen-bond acceptors (Lipinski definition) is 2. The van der Waals surface area contributed by atoms with E-state index in [1.54, 1.807) is 0 Å². The standard InChI is InChI=1S/C10H24N2/c1-5-6-7-8-9-10-12(4)11(2)3/h5-10H2,1-4H3. The van der Waals surface area contributed by atoms with Crippen LogP contribution in [0.25, 0.3) is 0 Å². The molecule has 0 radical (unpaired) electrons. The van der Waals surface area contributed by atoms with Crippen LogP contribution in [0.5, 0.6) is 0 Å². The van der Waals surface area contributed by atoms with Crippen molar-refractivity contribution in [3.05, 3.63) is 0 Å². The molecule has 0 unspecified atom stereocenters. The lowest BCUT2D eigenvalue weighted by molar-refractivity contribution is 0.0543. The number of hydrazine groups is 1. The van der Waals surface area contributed by atoms with Crippen molar-refractivity contribution in [1.29, 1.82) is 0 Å². The molecule has 0 saturated heterocycles. The fraction of sp³-hybridized carbons (Fsp3) is 1.00. The maximum atomic E-state index is 2.26.